The highest BCUT2D eigenvalue weighted by atomic mass is 35.5. The van der Waals surface area contributed by atoms with E-state index in [-0.39, 0.29) is 12.3 Å². The Morgan fingerprint density at radius 1 is 1.04 bits per heavy atom. The van der Waals surface area contributed by atoms with Crippen LogP contribution in [0.3, 0.4) is 0 Å². The number of ether oxygens (including phenoxy) is 1. The van der Waals surface area contributed by atoms with Gasteiger partial charge in [-0.1, -0.05) is 43.3 Å². The quantitative estimate of drug-likeness (QED) is 0.0821. The highest BCUT2D eigenvalue weighted by Gasteiger charge is 2.31. The van der Waals surface area contributed by atoms with Crippen LogP contribution in [-0.2, 0) is 21.2 Å². The number of rotatable bonds is 13. The third kappa shape index (κ3) is 8.04. The molecule has 1 aromatic heterocycles. The largest absolute Gasteiger partial charge is 0.544 e. The molecule has 0 saturated carbocycles. The lowest BCUT2D eigenvalue weighted by atomic mass is 9.81. The molecule has 1 heterocycles. The normalized spacial score (nSPS) is 12.5. The van der Waals surface area contributed by atoms with Crippen LogP contribution in [0.4, 0.5) is 13.2 Å². The molecule has 0 bridgehead atoms. The molecule has 0 unspecified atom stereocenters. The van der Waals surface area contributed by atoms with Crippen molar-refractivity contribution < 1.29 is 30.8 Å². The molecular weight excluding hydrogens is 645 g/mol. The van der Waals surface area contributed by atoms with Gasteiger partial charge in [0, 0.05) is 22.4 Å². The van der Waals surface area contributed by atoms with Crippen molar-refractivity contribution in [3.63, 3.8) is 0 Å². The number of methoxy groups -OCH3 is 1. The standard InChI is InChI=1S/C32H36ClF3N4O3S2/c1-32(2,21-8-13-25(33)27(18-21)43-6)29-19-37-31(39(29)23-11-9-22(34)10-12-23)44-20-24-26(35)14-15-28(30(24)36)45(41,42)38-16-7-17-40(3,4)5/h8-15,18-19H,7,16-17,20H2,1-6H3. The van der Waals surface area contributed by atoms with Gasteiger partial charge in [-0.2, -0.15) is 0 Å². The van der Waals surface area contributed by atoms with Crippen molar-refractivity contribution in [3.8, 4) is 11.4 Å². The molecule has 0 atom stereocenters. The third-order valence-electron chi connectivity index (χ3n) is 7.35. The minimum atomic E-state index is -4.35. The maximum atomic E-state index is 15.6. The van der Waals surface area contributed by atoms with Gasteiger partial charge in [0.1, 0.15) is 33.2 Å². The molecule has 0 radical (unpaired) electrons. The monoisotopic (exact) mass is 680 g/mol. The maximum Gasteiger partial charge on any atom is 0.173 e. The fourth-order valence-electron chi connectivity index (χ4n) is 4.76. The van der Waals surface area contributed by atoms with Gasteiger partial charge in [-0.3, -0.25) is 4.57 Å². The van der Waals surface area contributed by atoms with E-state index in [1.165, 1.54) is 19.2 Å². The van der Waals surface area contributed by atoms with E-state index in [2.05, 4.69) is 9.71 Å². The zero-order chi connectivity index (χ0) is 33.2. The Labute approximate surface area is 272 Å². The summed E-state index contributed by atoms with van der Waals surface area (Å²) in [6, 6.07) is 13.0. The number of quaternary nitrogens is 1. The van der Waals surface area contributed by atoms with Gasteiger partial charge in [-0.05, 0) is 60.5 Å². The molecule has 7 nitrogen and oxygen atoms in total. The van der Waals surface area contributed by atoms with Crippen LogP contribution in [0.25, 0.3) is 10.4 Å². The van der Waals surface area contributed by atoms with E-state index in [9.17, 15) is 17.2 Å². The lowest BCUT2D eigenvalue weighted by Gasteiger charge is -2.28. The summed E-state index contributed by atoms with van der Waals surface area (Å²) >= 11 is 7.28. The number of hydrogen-bond acceptors (Lipinski definition) is 5. The van der Waals surface area contributed by atoms with Gasteiger partial charge in [0.15, 0.2) is 5.16 Å². The first-order valence-electron chi connectivity index (χ1n) is 14.1. The Bertz CT molecular complexity index is 1770. The smallest absolute Gasteiger partial charge is 0.173 e. The summed E-state index contributed by atoms with van der Waals surface area (Å²) in [6.45, 7) is 4.61. The maximum absolute atomic E-state index is 15.6. The minimum absolute atomic E-state index is 0.00802. The van der Waals surface area contributed by atoms with Crippen molar-refractivity contribution in [2.24, 2.45) is 0 Å². The van der Waals surface area contributed by atoms with Crippen LogP contribution in [-0.4, -0.2) is 63.8 Å². The summed E-state index contributed by atoms with van der Waals surface area (Å²) in [6.07, 6.45) is 2.14. The summed E-state index contributed by atoms with van der Waals surface area (Å²) in [5.74, 6) is -2.29. The van der Waals surface area contributed by atoms with Gasteiger partial charge in [0.2, 0.25) is 0 Å². The van der Waals surface area contributed by atoms with Crippen LogP contribution >= 0.6 is 23.4 Å². The van der Waals surface area contributed by atoms with Crippen molar-refractivity contribution in [1.82, 2.24) is 9.55 Å². The van der Waals surface area contributed by atoms with E-state index in [0.717, 1.165) is 29.5 Å². The van der Waals surface area contributed by atoms with Crippen molar-refractivity contribution in [1.29, 1.82) is 0 Å². The molecule has 0 N–H and O–H groups in total. The number of imidazole rings is 1. The van der Waals surface area contributed by atoms with Crippen molar-refractivity contribution >= 4 is 33.4 Å². The first-order chi connectivity index (χ1) is 21.0. The second kappa shape index (κ2) is 13.8. The molecule has 0 aliphatic carbocycles. The fourth-order valence-corrected chi connectivity index (χ4v) is 7.05. The van der Waals surface area contributed by atoms with Crippen LogP contribution in [0.5, 0.6) is 5.75 Å². The number of aromatic nitrogens is 2. The van der Waals surface area contributed by atoms with Crippen LogP contribution < -0.4 is 4.74 Å². The molecule has 242 valence electrons. The number of sulfonamides is 1. The molecule has 0 spiro atoms. The lowest BCUT2D eigenvalue weighted by Crippen LogP contribution is -2.35. The lowest BCUT2D eigenvalue weighted by molar-refractivity contribution is -0.870. The van der Waals surface area contributed by atoms with Gasteiger partial charge < -0.3 is 13.9 Å². The summed E-state index contributed by atoms with van der Waals surface area (Å²) in [7, 11) is 3.08. The van der Waals surface area contributed by atoms with E-state index < -0.39 is 43.3 Å². The average molecular weight is 681 g/mol. The van der Waals surface area contributed by atoms with Gasteiger partial charge in [-0.15, -0.1) is 6.54 Å². The molecule has 45 heavy (non-hydrogen) atoms. The topological polar surface area (TPSA) is 75.3 Å². The van der Waals surface area contributed by atoms with E-state index in [1.54, 1.807) is 29.0 Å². The first kappa shape index (κ1) is 34.8. The number of halogens is 4. The predicted molar refractivity (Wildman–Crippen MR) is 173 cm³/mol. The SMILES string of the molecule is COc1cc(C(C)(C)c2cnc(SCc3c(F)ccc(S(=O)(=O)[N-]CCC[N+](C)(C)C)c3F)n2-c2ccc(F)cc2)ccc1Cl. The summed E-state index contributed by atoms with van der Waals surface area (Å²) in [4.78, 5) is 3.90. The summed E-state index contributed by atoms with van der Waals surface area (Å²) in [5, 5.41) is 0.813. The van der Waals surface area contributed by atoms with Crippen molar-refractivity contribution in [2.75, 3.05) is 41.3 Å². The zero-order valence-corrected chi connectivity index (χ0v) is 28.3. The Balaban J connectivity index is 1.68. The Morgan fingerprint density at radius 2 is 1.73 bits per heavy atom. The molecule has 3 aromatic carbocycles. The Hall–Kier alpha value is -3.03. The van der Waals surface area contributed by atoms with Gasteiger partial charge in [0.25, 0.3) is 0 Å². The molecule has 0 saturated heterocycles. The number of benzene rings is 3. The van der Waals surface area contributed by atoms with Gasteiger partial charge in [-0.25, -0.2) is 26.6 Å². The van der Waals surface area contributed by atoms with Crippen LogP contribution in [0.15, 0.2) is 70.8 Å². The molecular formula is C32H36ClF3N4O3S2. The molecule has 0 aliphatic heterocycles. The molecule has 0 aliphatic rings. The van der Waals surface area contributed by atoms with E-state index in [0.29, 0.717) is 44.8 Å². The zero-order valence-electron chi connectivity index (χ0n) is 25.9. The average Bonchev–Trinajstić information content (AvgIpc) is 3.40. The second-order valence-electron chi connectivity index (χ2n) is 12.0. The molecule has 0 fully saturated rings. The number of nitrogens with zero attached hydrogens (tertiary/aromatic N) is 4. The summed E-state index contributed by atoms with van der Waals surface area (Å²) in [5.41, 5.74) is 1.02. The third-order valence-corrected chi connectivity index (χ3v) is 10.0. The molecule has 0 amide bonds. The van der Waals surface area contributed by atoms with E-state index in [4.69, 9.17) is 16.3 Å². The predicted octanol–water partition coefficient (Wildman–Crippen LogP) is 7.73. The fraction of sp³-hybridized carbons (Fsp3) is 0.344. The number of hydrogen-bond donors (Lipinski definition) is 0. The molecule has 4 rings (SSSR count). The Kier molecular flexibility index (Phi) is 10.7. The van der Waals surface area contributed by atoms with Crippen LogP contribution in [0, 0.1) is 17.5 Å². The van der Waals surface area contributed by atoms with E-state index >= 15 is 4.39 Å². The molecule has 4 aromatic rings. The minimum Gasteiger partial charge on any atom is -0.544 e. The first-order valence-corrected chi connectivity index (χ1v) is 16.9. The number of thioether (sulfide) groups is 1. The highest BCUT2D eigenvalue weighted by molar-refractivity contribution is 7.98. The highest BCUT2D eigenvalue weighted by Crippen LogP contribution is 2.39. The van der Waals surface area contributed by atoms with Gasteiger partial charge in [0.05, 0.1) is 56.6 Å². The van der Waals surface area contributed by atoms with E-state index in [1.807, 2.05) is 47.1 Å². The van der Waals surface area contributed by atoms with Crippen LogP contribution in [0.1, 0.15) is 37.1 Å². The molecule has 13 heteroatoms. The van der Waals surface area contributed by atoms with Gasteiger partial charge >= 0.3 is 0 Å². The summed E-state index contributed by atoms with van der Waals surface area (Å²) < 4.78 is 81.9. The Morgan fingerprint density at radius 3 is 2.38 bits per heavy atom. The second-order valence-corrected chi connectivity index (χ2v) is 15.0. The van der Waals surface area contributed by atoms with Crippen molar-refractivity contribution in [3.05, 3.63) is 105 Å². The van der Waals surface area contributed by atoms with Crippen molar-refractivity contribution in [2.45, 2.75) is 41.5 Å². The van der Waals surface area contributed by atoms with Crippen LogP contribution in [0.2, 0.25) is 5.02 Å².